The summed E-state index contributed by atoms with van der Waals surface area (Å²) in [4.78, 5) is 4.56. The van der Waals surface area contributed by atoms with Gasteiger partial charge in [0, 0.05) is 11.8 Å². The fraction of sp³-hybridized carbons (Fsp3) is 0.0615. The van der Waals surface area contributed by atoms with Crippen LogP contribution in [0.5, 0.6) is 0 Å². The fourth-order valence-corrected chi connectivity index (χ4v) is 9.24. The third-order valence-corrected chi connectivity index (χ3v) is 12.9. The van der Waals surface area contributed by atoms with Crippen molar-refractivity contribution in [3.8, 4) is 90.2 Å². The van der Waals surface area contributed by atoms with E-state index < -0.39 is 0 Å². The lowest BCUT2D eigenvalue weighted by Crippen LogP contribution is -1.98. The minimum Gasteiger partial charge on any atom is -0.256 e. The fourth-order valence-electron chi connectivity index (χ4n) is 9.24. The molecule has 10 aromatic rings. The molecule has 0 radical (unpaired) electrons. The lowest BCUT2D eigenvalue weighted by Gasteiger charge is -2.18. The normalized spacial score (nSPS) is 10.9. The van der Waals surface area contributed by atoms with Crippen LogP contribution in [0, 0.1) is 22.7 Å². The Morgan fingerprint density at radius 2 is 0.779 bits per heavy atom. The topological polar surface area (TPSA) is 60.5 Å². The largest absolute Gasteiger partial charge is 0.256 e. The lowest BCUT2D eigenvalue weighted by atomic mass is 9.86. The van der Waals surface area contributed by atoms with Gasteiger partial charge in [-0.3, -0.25) is 4.98 Å². The number of benzene rings is 9. The summed E-state index contributed by atoms with van der Waals surface area (Å²) in [5, 5.41) is 19.5. The van der Waals surface area contributed by atoms with E-state index in [4.69, 9.17) is 0 Å². The molecule has 1 aromatic heterocycles. The Kier molecular flexibility index (Phi) is 12.7. The third kappa shape index (κ3) is 9.71. The number of nitriles is 2. The Labute approximate surface area is 399 Å². The first-order chi connectivity index (χ1) is 33.6. The summed E-state index contributed by atoms with van der Waals surface area (Å²) in [5.74, 6) is 0. The maximum absolute atomic E-state index is 9.98. The number of pyridine rings is 1. The first kappa shape index (κ1) is 43.0. The molecule has 322 valence electrons. The molecule has 0 bridgehead atoms. The van der Waals surface area contributed by atoms with Crippen LogP contribution < -0.4 is 0 Å². The van der Waals surface area contributed by atoms with Gasteiger partial charge in [0.2, 0.25) is 0 Å². The lowest BCUT2D eigenvalue weighted by molar-refractivity contribution is 0.931. The number of aromatic nitrogens is 1. The average molecular weight is 870 g/mol. The van der Waals surface area contributed by atoms with Crippen LogP contribution in [0.2, 0.25) is 0 Å². The van der Waals surface area contributed by atoms with Crippen LogP contribution in [0.15, 0.2) is 237 Å². The second-order valence-corrected chi connectivity index (χ2v) is 17.2. The van der Waals surface area contributed by atoms with Crippen molar-refractivity contribution >= 4 is 0 Å². The van der Waals surface area contributed by atoms with E-state index in [9.17, 15) is 10.5 Å². The van der Waals surface area contributed by atoms with E-state index in [-0.39, 0.29) is 0 Å². The highest BCUT2D eigenvalue weighted by Gasteiger charge is 2.17. The van der Waals surface area contributed by atoms with Crippen molar-refractivity contribution in [2.75, 3.05) is 0 Å². The van der Waals surface area contributed by atoms with Crippen molar-refractivity contribution in [1.29, 1.82) is 10.5 Å². The van der Waals surface area contributed by atoms with Crippen molar-refractivity contribution in [1.82, 2.24) is 4.98 Å². The number of rotatable bonds is 13. The van der Waals surface area contributed by atoms with Crippen molar-refractivity contribution < 1.29 is 0 Å². The Hall–Kier alpha value is -8.89. The molecule has 0 N–H and O–H groups in total. The highest BCUT2D eigenvalue weighted by Crippen LogP contribution is 2.41. The van der Waals surface area contributed by atoms with E-state index in [2.05, 4.69) is 217 Å². The van der Waals surface area contributed by atoms with Crippen LogP contribution in [0.25, 0.3) is 78.0 Å². The SMILES string of the molecule is N#Cc1ccc(-c2ccc(-c3cc(-c4ccccc4)ccc3-c3ccccc3-c3cc(CCc4ccc(-c5ccccc5)cc4)cc(CCc4ccc(-c5ccccn5)cc4)c3)cc2)c(C#N)c1. The average Bonchev–Trinajstić information content (AvgIpc) is 3.42. The maximum atomic E-state index is 9.98. The van der Waals surface area contributed by atoms with Gasteiger partial charge in [0.05, 0.1) is 29.0 Å². The van der Waals surface area contributed by atoms with Crippen molar-refractivity contribution in [3.63, 3.8) is 0 Å². The van der Waals surface area contributed by atoms with E-state index in [0.29, 0.717) is 11.1 Å². The molecule has 1 heterocycles. The quantitative estimate of drug-likeness (QED) is 0.116. The van der Waals surface area contributed by atoms with Crippen LogP contribution in [0.4, 0.5) is 0 Å². The van der Waals surface area contributed by atoms with E-state index in [1.165, 1.54) is 44.5 Å². The van der Waals surface area contributed by atoms with Gasteiger partial charge in [-0.25, -0.2) is 0 Å². The van der Waals surface area contributed by atoms with Crippen LogP contribution in [0.3, 0.4) is 0 Å². The van der Waals surface area contributed by atoms with Gasteiger partial charge in [-0.2, -0.15) is 10.5 Å². The second kappa shape index (κ2) is 20.1. The van der Waals surface area contributed by atoms with E-state index in [1.54, 1.807) is 12.1 Å². The van der Waals surface area contributed by atoms with Crippen LogP contribution in [-0.2, 0) is 25.7 Å². The van der Waals surface area contributed by atoms with Crippen molar-refractivity contribution in [3.05, 3.63) is 270 Å². The molecule has 9 aromatic carbocycles. The Bertz CT molecular complexity index is 3310. The minimum atomic E-state index is 0.473. The van der Waals surface area contributed by atoms with Gasteiger partial charge < -0.3 is 0 Å². The molecule has 3 heteroatoms. The summed E-state index contributed by atoms with van der Waals surface area (Å²) in [7, 11) is 0. The molecule has 0 aliphatic carbocycles. The molecule has 0 spiro atoms. The van der Waals surface area contributed by atoms with Gasteiger partial charge in [-0.1, -0.05) is 200 Å². The van der Waals surface area contributed by atoms with Crippen LogP contribution in [-0.4, -0.2) is 4.98 Å². The Balaban J connectivity index is 1.02. The summed E-state index contributed by atoms with van der Waals surface area (Å²) >= 11 is 0. The summed E-state index contributed by atoms with van der Waals surface area (Å²) in [6.45, 7) is 0. The van der Waals surface area contributed by atoms with Gasteiger partial charge in [-0.15, -0.1) is 0 Å². The zero-order valence-corrected chi connectivity index (χ0v) is 37.7. The number of aryl methyl sites for hydroxylation is 4. The molecule has 0 atom stereocenters. The second-order valence-electron chi connectivity index (χ2n) is 17.2. The van der Waals surface area contributed by atoms with Gasteiger partial charge >= 0.3 is 0 Å². The van der Waals surface area contributed by atoms with Crippen molar-refractivity contribution in [2.45, 2.75) is 25.7 Å². The summed E-state index contributed by atoms with van der Waals surface area (Å²) < 4.78 is 0. The van der Waals surface area contributed by atoms with Gasteiger partial charge in [-0.05, 0) is 145 Å². The van der Waals surface area contributed by atoms with E-state index >= 15 is 0 Å². The molecule has 0 aliphatic rings. The molecule has 3 nitrogen and oxygen atoms in total. The van der Waals surface area contributed by atoms with E-state index in [1.807, 2.05) is 24.4 Å². The standard InChI is InChI=1S/C65H47N3/c66-44-50-26-36-60(59(42-50)45-67)54-31-33-55(34-32-54)64-43-57(52-13-5-2-6-14-52)35-37-63(64)62-16-8-7-15-61(62)58-40-48(20-18-46-22-27-53(28-23-46)51-11-3-1-4-12-51)39-49(41-58)21-19-47-24-29-56(30-25-47)65-17-9-10-38-68-65/h1-17,22-43H,18-21H2. The van der Waals surface area contributed by atoms with E-state index in [0.717, 1.165) is 81.4 Å². The van der Waals surface area contributed by atoms with Gasteiger partial charge in [0.15, 0.2) is 0 Å². The predicted molar refractivity (Wildman–Crippen MR) is 279 cm³/mol. The number of hydrogen-bond acceptors (Lipinski definition) is 3. The molecule has 68 heavy (non-hydrogen) atoms. The summed E-state index contributed by atoms with van der Waals surface area (Å²) in [6, 6.07) is 86.1. The van der Waals surface area contributed by atoms with Crippen LogP contribution >= 0.6 is 0 Å². The first-order valence-electron chi connectivity index (χ1n) is 23.2. The third-order valence-electron chi connectivity index (χ3n) is 12.9. The van der Waals surface area contributed by atoms with Crippen molar-refractivity contribution in [2.24, 2.45) is 0 Å². The molecule has 0 unspecified atom stereocenters. The predicted octanol–water partition coefficient (Wildman–Crippen LogP) is 16.1. The number of nitrogens with zero attached hydrogens (tertiary/aromatic N) is 3. The maximum Gasteiger partial charge on any atom is 0.0998 e. The molecule has 0 saturated carbocycles. The molecule has 0 amide bonds. The van der Waals surface area contributed by atoms with Crippen LogP contribution in [0.1, 0.15) is 33.4 Å². The minimum absolute atomic E-state index is 0.473. The highest BCUT2D eigenvalue weighted by atomic mass is 14.7. The monoisotopic (exact) mass is 869 g/mol. The molecule has 10 rings (SSSR count). The Morgan fingerprint density at radius 1 is 0.294 bits per heavy atom. The van der Waals surface area contributed by atoms with Gasteiger partial charge in [0.1, 0.15) is 0 Å². The zero-order valence-electron chi connectivity index (χ0n) is 37.7. The molecular formula is C65H47N3. The first-order valence-corrected chi connectivity index (χ1v) is 23.2. The molecular weight excluding hydrogens is 823 g/mol. The molecule has 0 aliphatic heterocycles. The zero-order chi connectivity index (χ0) is 46.1. The smallest absolute Gasteiger partial charge is 0.0998 e. The van der Waals surface area contributed by atoms with Gasteiger partial charge in [0.25, 0.3) is 0 Å². The highest BCUT2D eigenvalue weighted by molar-refractivity contribution is 5.94. The summed E-state index contributed by atoms with van der Waals surface area (Å²) in [5.41, 5.74) is 21.7. The number of hydrogen-bond donors (Lipinski definition) is 0. The Morgan fingerprint density at radius 3 is 1.38 bits per heavy atom. The summed E-state index contributed by atoms with van der Waals surface area (Å²) in [6.07, 6.45) is 5.54. The molecule has 0 fully saturated rings. The molecule has 0 saturated heterocycles.